The number of amides is 1. The highest BCUT2D eigenvalue weighted by atomic mass is 32.2. The Balaban J connectivity index is 1.84. The van der Waals surface area contributed by atoms with Crippen molar-refractivity contribution >= 4 is 21.6 Å². The minimum Gasteiger partial charge on any atom is -0.492 e. The predicted octanol–water partition coefficient (Wildman–Crippen LogP) is 2.57. The fourth-order valence-electron chi connectivity index (χ4n) is 2.91. The van der Waals surface area contributed by atoms with Crippen molar-refractivity contribution in [1.29, 1.82) is 0 Å². The highest BCUT2D eigenvalue weighted by Crippen LogP contribution is 2.38. The first-order chi connectivity index (χ1) is 12.8. The molecule has 2 aromatic carbocycles. The lowest BCUT2D eigenvalue weighted by Gasteiger charge is -2.14. The number of ether oxygens (including phenoxy) is 2. The minimum absolute atomic E-state index is 0.0853. The van der Waals surface area contributed by atoms with Crippen LogP contribution in [0.1, 0.15) is 29.8 Å². The van der Waals surface area contributed by atoms with E-state index in [1.807, 2.05) is 19.9 Å². The normalized spacial score (nSPS) is 15.7. The van der Waals surface area contributed by atoms with Crippen molar-refractivity contribution in [2.24, 2.45) is 0 Å². The summed E-state index contributed by atoms with van der Waals surface area (Å²) in [4.78, 5) is 12.7. The van der Waals surface area contributed by atoms with Crippen LogP contribution in [-0.4, -0.2) is 34.1 Å². The highest BCUT2D eigenvalue weighted by Gasteiger charge is 2.23. The number of hydrogen-bond donors (Lipinski definition) is 2. The second kappa shape index (κ2) is 7.58. The van der Waals surface area contributed by atoms with Crippen LogP contribution < -0.4 is 19.5 Å². The summed E-state index contributed by atoms with van der Waals surface area (Å²) in [6.45, 7) is 4.33. The summed E-state index contributed by atoms with van der Waals surface area (Å²) in [6.07, 6.45) is 0.882. The molecule has 1 atom stereocenters. The van der Waals surface area contributed by atoms with Gasteiger partial charge in [-0.1, -0.05) is 0 Å². The van der Waals surface area contributed by atoms with Gasteiger partial charge in [-0.2, -0.15) is 0 Å². The van der Waals surface area contributed by atoms with E-state index in [0.29, 0.717) is 23.6 Å². The molecule has 2 N–H and O–H groups in total. The Morgan fingerprint density at radius 2 is 1.96 bits per heavy atom. The molecular weight excluding hydrogens is 368 g/mol. The monoisotopic (exact) mass is 390 g/mol. The number of rotatable bonds is 6. The van der Waals surface area contributed by atoms with Gasteiger partial charge in [0.25, 0.3) is 5.91 Å². The average molecular weight is 390 g/mol. The lowest BCUT2D eigenvalue weighted by molar-refractivity contribution is 0.102. The van der Waals surface area contributed by atoms with Crippen molar-refractivity contribution < 1.29 is 22.7 Å². The molecular formula is C19H22N2O5S. The highest BCUT2D eigenvalue weighted by molar-refractivity contribution is 7.89. The first-order valence-corrected chi connectivity index (χ1v) is 10.1. The number of fused-ring (bicyclic) bond motifs is 1. The van der Waals surface area contributed by atoms with Crippen LogP contribution in [-0.2, 0) is 16.4 Å². The average Bonchev–Trinajstić information content (AvgIpc) is 3.01. The second-order valence-electron chi connectivity index (χ2n) is 6.21. The first kappa shape index (κ1) is 19.2. The zero-order chi connectivity index (χ0) is 19.6. The SMILES string of the molecule is CCOc1cc2c(cc1NC(=O)c1ccc(S(=O)(=O)NC)cc1)O[C@@H](C)C2. The van der Waals surface area contributed by atoms with Crippen LogP contribution in [0.25, 0.3) is 0 Å². The van der Waals surface area contributed by atoms with Crippen molar-refractivity contribution in [3.63, 3.8) is 0 Å². The molecule has 1 aliphatic heterocycles. The van der Waals surface area contributed by atoms with Crippen LogP contribution in [0.15, 0.2) is 41.3 Å². The largest absolute Gasteiger partial charge is 0.492 e. The van der Waals surface area contributed by atoms with E-state index in [4.69, 9.17) is 9.47 Å². The molecule has 8 heteroatoms. The van der Waals surface area contributed by atoms with Crippen molar-refractivity contribution in [1.82, 2.24) is 4.72 Å². The standard InChI is InChI=1S/C19H22N2O5S/c1-4-25-18-10-14-9-12(2)26-17(14)11-16(18)21-19(22)13-5-7-15(8-6-13)27(23,24)20-3/h5-8,10-12,20H,4,9H2,1-3H3,(H,21,22)/t12-/m0/s1. The van der Waals surface area contributed by atoms with Gasteiger partial charge in [0.2, 0.25) is 10.0 Å². The van der Waals surface area contributed by atoms with Gasteiger partial charge in [0.05, 0.1) is 17.2 Å². The Kier molecular flexibility index (Phi) is 5.38. The van der Waals surface area contributed by atoms with Gasteiger partial charge in [0.1, 0.15) is 17.6 Å². The van der Waals surface area contributed by atoms with Gasteiger partial charge in [-0.05, 0) is 51.2 Å². The molecule has 3 rings (SSSR count). The molecule has 1 heterocycles. The maximum Gasteiger partial charge on any atom is 0.255 e. The van der Waals surface area contributed by atoms with Crippen molar-refractivity contribution in [3.05, 3.63) is 47.5 Å². The molecule has 1 amide bonds. The number of anilines is 1. The molecule has 0 radical (unpaired) electrons. The predicted molar refractivity (Wildman–Crippen MR) is 102 cm³/mol. The van der Waals surface area contributed by atoms with Crippen LogP contribution in [0.2, 0.25) is 0 Å². The molecule has 0 saturated heterocycles. The molecule has 0 saturated carbocycles. The number of benzene rings is 2. The molecule has 27 heavy (non-hydrogen) atoms. The van der Waals surface area contributed by atoms with E-state index >= 15 is 0 Å². The summed E-state index contributed by atoms with van der Waals surface area (Å²) in [7, 11) is -2.21. The summed E-state index contributed by atoms with van der Waals surface area (Å²) in [5.74, 6) is 0.948. The molecule has 0 unspecified atom stereocenters. The molecule has 0 bridgehead atoms. The van der Waals surface area contributed by atoms with E-state index in [2.05, 4.69) is 10.0 Å². The van der Waals surface area contributed by atoms with Crippen LogP contribution in [0.4, 0.5) is 5.69 Å². The van der Waals surface area contributed by atoms with Crippen LogP contribution >= 0.6 is 0 Å². The van der Waals surface area contributed by atoms with E-state index in [0.717, 1.165) is 17.7 Å². The third-order valence-corrected chi connectivity index (χ3v) is 5.67. The van der Waals surface area contributed by atoms with E-state index < -0.39 is 10.0 Å². The summed E-state index contributed by atoms with van der Waals surface area (Å²) in [5.41, 5.74) is 1.90. The zero-order valence-corrected chi connectivity index (χ0v) is 16.2. The fraction of sp³-hybridized carbons (Fsp3) is 0.316. The second-order valence-corrected chi connectivity index (χ2v) is 8.09. The van der Waals surface area contributed by atoms with E-state index in [1.54, 1.807) is 6.07 Å². The van der Waals surface area contributed by atoms with Gasteiger partial charge in [-0.25, -0.2) is 13.1 Å². The Morgan fingerprint density at radius 3 is 2.59 bits per heavy atom. The van der Waals surface area contributed by atoms with E-state index in [1.165, 1.54) is 31.3 Å². The van der Waals surface area contributed by atoms with Crippen LogP contribution in [0, 0.1) is 0 Å². The minimum atomic E-state index is -3.54. The van der Waals surface area contributed by atoms with Gasteiger partial charge >= 0.3 is 0 Å². The molecule has 0 fully saturated rings. The smallest absolute Gasteiger partial charge is 0.255 e. The summed E-state index contributed by atoms with van der Waals surface area (Å²) >= 11 is 0. The van der Waals surface area contributed by atoms with Gasteiger partial charge in [0, 0.05) is 23.6 Å². The van der Waals surface area contributed by atoms with Crippen molar-refractivity contribution in [2.75, 3.05) is 19.0 Å². The van der Waals surface area contributed by atoms with Crippen molar-refractivity contribution in [3.8, 4) is 11.5 Å². The molecule has 144 valence electrons. The molecule has 1 aliphatic rings. The third-order valence-electron chi connectivity index (χ3n) is 4.24. The quantitative estimate of drug-likeness (QED) is 0.791. The topological polar surface area (TPSA) is 93.7 Å². The van der Waals surface area contributed by atoms with Gasteiger partial charge in [-0.3, -0.25) is 4.79 Å². The van der Waals surface area contributed by atoms with Crippen LogP contribution in [0.3, 0.4) is 0 Å². The number of carbonyl (C=O) groups excluding carboxylic acids is 1. The maximum absolute atomic E-state index is 12.6. The van der Waals surface area contributed by atoms with Crippen molar-refractivity contribution in [2.45, 2.75) is 31.3 Å². The lowest BCUT2D eigenvalue weighted by atomic mass is 10.1. The van der Waals surface area contributed by atoms with Gasteiger partial charge in [-0.15, -0.1) is 0 Å². The fourth-order valence-corrected chi connectivity index (χ4v) is 3.64. The van der Waals surface area contributed by atoms with Crippen LogP contribution in [0.5, 0.6) is 11.5 Å². The van der Waals surface area contributed by atoms with E-state index in [-0.39, 0.29) is 16.9 Å². The number of sulfonamides is 1. The number of hydrogen-bond acceptors (Lipinski definition) is 5. The maximum atomic E-state index is 12.6. The lowest BCUT2D eigenvalue weighted by Crippen LogP contribution is -2.19. The van der Waals surface area contributed by atoms with E-state index in [9.17, 15) is 13.2 Å². The summed E-state index contributed by atoms with van der Waals surface area (Å²) in [5, 5.41) is 2.82. The summed E-state index contributed by atoms with van der Waals surface area (Å²) in [6, 6.07) is 9.36. The Morgan fingerprint density at radius 1 is 1.26 bits per heavy atom. The number of nitrogens with one attached hydrogen (secondary N) is 2. The molecule has 0 aromatic heterocycles. The Labute approximate surface area is 158 Å². The molecule has 2 aromatic rings. The zero-order valence-electron chi connectivity index (χ0n) is 15.4. The Bertz CT molecular complexity index is 955. The van der Waals surface area contributed by atoms with Gasteiger partial charge in [0.15, 0.2) is 0 Å². The molecule has 0 aliphatic carbocycles. The first-order valence-electron chi connectivity index (χ1n) is 8.65. The molecule has 0 spiro atoms. The third kappa shape index (κ3) is 4.06. The Hall–Kier alpha value is -2.58. The molecule has 7 nitrogen and oxygen atoms in total. The summed E-state index contributed by atoms with van der Waals surface area (Å²) < 4.78 is 37.2. The number of carbonyl (C=O) groups is 1. The van der Waals surface area contributed by atoms with Gasteiger partial charge < -0.3 is 14.8 Å².